The van der Waals surface area contributed by atoms with Gasteiger partial charge in [-0.05, 0) is 12.8 Å². The van der Waals surface area contributed by atoms with Gasteiger partial charge in [-0.15, -0.1) is 11.3 Å². The zero-order valence-electron chi connectivity index (χ0n) is 11.0. The number of aliphatic hydroxyl groups is 1. The summed E-state index contributed by atoms with van der Waals surface area (Å²) in [5.74, 6) is -0.0695. The van der Waals surface area contributed by atoms with Gasteiger partial charge in [0, 0.05) is 17.5 Å². The first-order valence-corrected chi connectivity index (χ1v) is 7.60. The van der Waals surface area contributed by atoms with E-state index in [4.69, 9.17) is 0 Å². The van der Waals surface area contributed by atoms with Crippen molar-refractivity contribution in [2.45, 2.75) is 18.9 Å². The second-order valence-electron chi connectivity index (χ2n) is 4.88. The van der Waals surface area contributed by atoms with Gasteiger partial charge in [0.2, 0.25) is 0 Å². The number of carbonyl (C=O) groups excluding carboxylic acids is 1. The van der Waals surface area contributed by atoms with Crippen LogP contribution in [-0.2, 0) is 0 Å². The minimum Gasteiger partial charge on any atom is -0.394 e. The van der Waals surface area contributed by atoms with Gasteiger partial charge in [-0.2, -0.15) is 0 Å². The molecule has 4 nitrogen and oxygen atoms in total. The molecule has 0 unspecified atom stereocenters. The number of thiazole rings is 1. The van der Waals surface area contributed by atoms with Crippen molar-refractivity contribution in [2.75, 3.05) is 13.2 Å². The molecule has 1 aromatic carbocycles. The molecule has 20 heavy (non-hydrogen) atoms. The van der Waals surface area contributed by atoms with E-state index in [1.165, 1.54) is 11.3 Å². The molecule has 5 heteroatoms. The van der Waals surface area contributed by atoms with E-state index in [0.29, 0.717) is 12.2 Å². The molecule has 0 aliphatic carbocycles. The van der Waals surface area contributed by atoms with Crippen LogP contribution in [0.25, 0.3) is 10.6 Å². The summed E-state index contributed by atoms with van der Waals surface area (Å²) in [7, 11) is 0. The molecule has 0 bridgehead atoms. The summed E-state index contributed by atoms with van der Waals surface area (Å²) >= 11 is 1.48. The molecule has 1 aliphatic rings. The van der Waals surface area contributed by atoms with Crippen LogP contribution in [0.4, 0.5) is 0 Å². The van der Waals surface area contributed by atoms with Gasteiger partial charge in [-0.25, -0.2) is 4.98 Å². The predicted octanol–water partition coefficient (Wildman–Crippen LogP) is 2.41. The zero-order chi connectivity index (χ0) is 13.9. The predicted molar refractivity (Wildman–Crippen MR) is 78.7 cm³/mol. The molecule has 1 atom stereocenters. The van der Waals surface area contributed by atoms with Crippen LogP contribution in [0.1, 0.15) is 23.3 Å². The van der Waals surface area contributed by atoms with Crippen LogP contribution in [0.5, 0.6) is 0 Å². The second-order valence-corrected chi connectivity index (χ2v) is 5.74. The summed E-state index contributed by atoms with van der Waals surface area (Å²) in [6.07, 6.45) is 1.82. The third kappa shape index (κ3) is 2.46. The molecular weight excluding hydrogens is 272 g/mol. The van der Waals surface area contributed by atoms with E-state index < -0.39 is 0 Å². The van der Waals surface area contributed by atoms with Gasteiger partial charge in [0.15, 0.2) is 0 Å². The Balaban J connectivity index is 1.82. The number of amides is 1. The van der Waals surface area contributed by atoms with Crippen molar-refractivity contribution in [2.24, 2.45) is 0 Å². The summed E-state index contributed by atoms with van der Waals surface area (Å²) in [6, 6.07) is 9.79. The van der Waals surface area contributed by atoms with Crippen LogP contribution in [0.3, 0.4) is 0 Å². The molecule has 2 aromatic rings. The summed E-state index contributed by atoms with van der Waals surface area (Å²) in [4.78, 5) is 18.6. The highest BCUT2D eigenvalue weighted by molar-refractivity contribution is 7.13. The van der Waals surface area contributed by atoms with E-state index in [1.54, 1.807) is 10.3 Å². The van der Waals surface area contributed by atoms with E-state index in [0.717, 1.165) is 23.4 Å². The Morgan fingerprint density at radius 2 is 2.20 bits per heavy atom. The number of benzene rings is 1. The van der Waals surface area contributed by atoms with E-state index >= 15 is 0 Å². The largest absolute Gasteiger partial charge is 0.394 e. The lowest BCUT2D eigenvalue weighted by atomic mass is 10.2. The maximum Gasteiger partial charge on any atom is 0.273 e. The molecule has 1 N–H and O–H groups in total. The lowest BCUT2D eigenvalue weighted by Crippen LogP contribution is -2.37. The first-order valence-electron chi connectivity index (χ1n) is 6.72. The minimum absolute atomic E-state index is 0.0292. The molecule has 2 heterocycles. The SMILES string of the molecule is O=C(c1csc(-c2ccccc2)n1)N1CCC[C@@H]1CO. The van der Waals surface area contributed by atoms with Gasteiger partial charge in [0.05, 0.1) is 12.6 Å². The normalized spacial score (nSPS) is 18.4. The van der Waals surface area contributed by atoms with Crippen molar-refractivity contribution in [3.05, 3.63) is 41.4 Å². The van der Waals surface area contributed by atoms with Crippen molar-refractivity contribution >= 4 is 17.2 Å². The standard InChI is InChI=1S/C15H16N2O2S/c18-9-12-7-4-8-17(12)15(19)13-10-20-14(16-13)11-5-2-1-3-6-11/h1-3,5-6,10,12,18H,4,7-9H2/t12-/m1/s1. The third-order valence-electron chi connectivity index (χ3n) is 3.59. The fourth-order valence-electron chi connectivity index (χ4n) is 2.53. The Kier molecular flexibility index (Phi) is 3.80. The van der Waals surface area contributed by atoms with E-state index in [-0.39, 0.29) is 18.6 Å². The van der Waals surface area contributed by atoms with Gasteiger partial charge in [0.1, 0.15) is 10.7 Å². The van der Waals surface area contributed by atoms with Gasteiger partial charge in [0.25, 0.3) is 5.91 Å². The van der Waals surface area contributed by atoms with Gasteiger partial charge in [-0.1, -0.05) is 30.3 Å². The van der Waals surface area contributed by atoms with Gasteiger partial charge >= 0.3 is 0 Å². The number of carbonyl (C=O) groups is 1. The van der Waals surface area contributed by atoms with Crippen LogP contribution < -0.4 is 0 Å². The zero-order valence-corrected chi connectivity index (χ0v) is 11.8. The average Bonchev–Trinajstić information content (AvgIpc) is 3.16. The fraction of sp³-hybridized carbons (Fsp3) is 0.333. The van der Waals surface area contributed by atoms with E-state index in [9.17, 15) is 9.90 Å². The van der Waals surface area contributed by atoms with Gasteiger partial charge < -0.3 is 10.0 Å². The highest BCUT2D eigenvalue weighted by Crippen LogP contribution is 2.25. The first kappa shape index (κ1) is 13.3. The number of rotatable bonds is 3. The van der Waals surface area contributed by atoms with Crippen molar-refractivity contribution in [3.8, 4) is 10.6 Å². The van der Waals surface area contributed by atoms with Crippen LogP contribution in [0.15, 0.2) is 35.7 Å². The Bertz CT molecular complexity index is 597. The molecule has 0 spiro atoms. The smallest absolute Gasteiger partial charge is 0.273 e. The molecule has 1 amide bonds. The number of aliphatic hydroxyl groups excluding tert-OH is 1. The first-order chi connectivity index (χ1) is 9.79. The highest BCUT2D eigenvalue weighted by Gasteiger charge is 2.30. The Morgan fingerprint density at radius 1 is 1.40 bits per heavy atom. The average molecular weight is 288 g/mol. The lowest BCUT2D eigenvalue weighted by molar-refractivity contribution is 0.0672. The monoisotopic (exact) mass is 288 g/mol. The van der Waals surface area contributed by atoms with E-state index in [2.05, 4.69) is 4.98 Å². The molecular formula is C15H16N2O2S. The molecule has 1 aromatic heterocycles. The molecule has 1 aliphatic heterocycles. The quantitative estimate of drug-likeness (QED) is 0.943. The highest BCUT2D eigenvalue weighted by atomic mass is 32.1. The third-order valence-corrected chi connectivity index (χ3v) is 4.48. The van der Waals surface area contributed by atoms with Gasteiger partial charge in [-0.3, -0.25) is 4.79 Å². The molecule has 104 valence electrons. The van der Waals surface area contributed by atoms with Crippen molar-refractivity contribution in [3.63, 3.8) is 0 Å². The van der Waals surface area contributed by atoms with Crippen LogP contribution in [0.2, 0.25) is 0 Å². The summed E-state index contributed by atoms with van der Waals surface area (Å²) in [5, 5.41) is 12.0. The molecule has 1 fully saturated rings. The van der Waals surface area contributed by atoms with Crippen LogP contribution in [0, 0.1) is 0 Å². The maximum atomic E-state index is 12.4. The topological polar surface area (TPSA) is 53.4 Å². The molecule has 0 saturated carbocycles. The fourth-order valence-corrected chi connectivity index (χ4v) is 3.33. The van der Waals surface area contributed by atoms with Crippen molar-refractivity contribution in [1.82, 2.24) is 9.88 Å². The Hall–Kier alpha value is -1.72. The molecule has 3 rings (SSSR count). The number of nitrogens with zero attached hydrogens (tertiary/aromatic N) is 2. The number of likely N-dealkylation sites (tertiary alicyclic amines) is 1. The number of hydrogen-bond acceptors (Lipinski definition) is 4. The summed E-state index contributed by atoms with van der Waals surface area (Å²) in [5.41, 5.74) is 1.51. The van der Waals surface area contributed by atoms with Crippen LogP contribution >= 0.6 is 11.3 Å². The summed E-state index contributed by atoms with van der Waals surface area (Å²) in [6.45, 7) is 0.740. The maximum absolute atomic E-state index is 12.4. The van der Waals surface area contributed by atoms with E-state index in [1.807, 2.05) is 30.3 Å². The van der Waals surface area contributed by atoms with Crippen molar-refractivity contribution < 1.29 is 9.90 Å². The summed E-state index contributed by atoms with van der Waals surface area (Å²) < 4.78 is 0. The number of hydrogen-bond donors (Lipinski definition) is 1. The minimum atomic E-state index is -0.0695. The number of aromatic nitrogens is 1. The Morgan fingerprint density at radius 3 is 2.95 bits per heavy atom. The van der Waals surface area contributed by atoms with Crippen LogP contribution in [-0.4, -0.2) is 40.1 Å². The van der Waals surface area contributed by atoms with Crippen molar-refractivity contribution in [1.29, 1.82) is 0 Å². The molecule has 1 saturated heterocycles. The Labute approximate surface area is 121 Å². The second kappa shape index (κ2) is 5.73. The lowest BCUT2D eigenvalue weighted by Gasteiger charge is -2.21. The molecule has 0 radical (unpaired) electrons.